The summed E-state index contributed by atoms with van der Waals surface area (Å²) >= 11 is 0. The summed E-state index contributed by atoms with van der Waals surface area (Å²) in [7, 11) is 0. The molecule has 2 atom stereocenters. The molecule has 3 aliphatic rings. The first-order chi connectivity index (χ1) is 12.3. The van der Waals surface area contributed by atoms with Crippen LogP contribution in [0.2, 0.25) is 0 Å². The van der Waals surface area contributed by atoms with E-state index in [4.69, 9.17) is 4.74 Å². The predicted octanol–water partition coefficient (Wildman–Crippen LogP) is 1.67. The second kappa shape index (κ2) is 7.58. The lowest BCUT2D eigenvalue weighted by atomic mass is 9.99. The number of urea groups is 1. The van der Waals surface area contributed by atoms with Gasteiger partial charge in [-0.3, -0.25) is 4.90 Å². The fourth-order valence-corrected chi connectivity index (χ4v) is 4.19. The van der Waals surface area contributed by atoms with Crippen LogP contribution in [0.3, 0.4) is 0 Å². The molecule has 0 aromatic carbocycles. The number of carbonyl (C=O) groups is 1. The van der Waals surface area contributed by atoms with Gasteiger partial charge >= 0.3 is 6.03 Å². The number of ether oxygens (including phenoxy) is 1. The number of hydrogen-bond donors (Lipinski definition) is 2. The van der Waals surface area contributed by atoms with Crippen molar-refractivity contribution in [2.24, 2.45) is 0 Å². The fourth-order valence-electron chi connectivity index (χ4n) is 4.19. The van der Waals surface area contributed by atoms with Gasteiger partial charge in [-0.15, -0.1) is 0 Å². The highest BCUT2D eigenvalue weighted by Crippen LogP contribution is 2.27. The van der Waals surface area contributed by atoms with Crippen molar-refractivity contribution in [3.63, 3.8) is 0 Å². The normalized spacial score (nSPS) is 27.0. The first-order valence-corrected chi connectivity index (χ1v) is 9.40. The highest BCUT2D eigenvalue weighted by Gasteiger charge is 2.36. The Morgan fingerprint density at radius 1 is 1.12 bits per heavy atom. The molecule has 0 spiro atoms. The Morgan fingerprint density at radius 2 is 2.00 bits per heavy atom. The Kier molecular flexibility index (Phi) is 5.03. The molecule has 3 fully saturated rings. The molecule has 3 aliphatic heterocycles. The second-order valence-electron chi connectivity index (χ2n) is 7.10. The third-order valence-corrected chi connectivity index (χ3v) is 5.51. The molecule has 4 heterocycles. The Balaban J connectivity index is 1.30. The fraction of sp³-hybridized carbons (Fsp3) is 0.667. The maximum absolute atomic E-state index is 12.3. The summed E-state index contributed by atoms with van der Waals surface area (Å²) < 4.78 is 5.36. The highest BCUT2D eigenvalue weighted by atomic mass is 16.5. The Morgan fingerprint density at radius 3 is 2.80 bits per heavy atom. The minimum Gasteiger partial charge on any atom is -0.378 e. The van der Waals surface area contributed by atoms with Gasteiger partial charge in [-0.25, -0.2) is 9.78 Å². The summed E-state index contributed by atoms with van der Waals surface area (Å²) in [5, 5.41) is 6.08. The van der Waals surface area contributed by atoms with Crippen LogP contribution in [0.15, 0.2) is 18.3 Å². The molecule has 25 heavy (non-hydrogen) atoms. The zero-order valence-electron chi connectivity index (χ0n) is 14.6. The Labute approximate surface area is 148 Å². The van der Waals surface area contributed by atoms with E-state index in [1.165, 1.54) is 25.8 Å². The number of amides is 2. The van der Waals surface area contributed by atoms with Crippen LogP contribution in [0.25, 0.3) is 0 Å². The number of nitrogens with zero attached hydrogens (tertiary/aromatic N) is 3. The van der Waals surface area contributed by atoms with Gasteiger partial charge in [-0.2, -0.15) is 0 Å². The maximum Gasteiger partial charge on any atom is 0.319 e. The van der Waals surface area contributed by atoms with Crippen molar-refractivity contribution >= 4 is 17.5 Å². The van der Waals surface area contributed by atoms with E-state index in [1.807, 2.05) is 12.1 Å². The van der Waals surface area contributed by atoms with Crippen LogP contribution in [-0.4, -0.2) is 67.4 Å². The van der Waals surface area contributed by atoms with Gasteiger partial charge < -0.3 is 20.3 Å². The summed E-state index contributed by atoms with van der Waals surface area (Å²) in [6.07, 6.45) is 6.53. The third-order valence-electron chi connectivity index (χ3n) is 5.51. The number of aromatic nitrogens is 1. The van der Waals surface area contributed by atoms with Crippen molar-refractivity contribution < 1.29 is 9.53 Å². The van der Waals surface area contributed by atoms with E-state index >= 15 is 0 Å². The molecule has 0 aliphatic carbocycles. The SMILES string of the molecule is O=C(Nc1ccc(N2CCOCC2)nc1)N[C@H]1CCN2CCCC[C@H]12. The van der Waals surface area contributed by atoms with E-state index < -0.39 is 0 Å². The van der Waals surface area contributed by atoms with E-state index in [0.29, 0.717) is 6.04 Å². The molecule has 0 radical (unpaired) electrons. The molecule has 0 unspecified atom stereocenters. The van der Waals surface area contributed by atoms with Gasteiger partial charge in [0.25, 0.3) is 0 Å². The smallest absolute Gasteiger partial charge is 0.319 e. The molecule has 2 N–H and O–H groups in total. The van der Waals surface area contributed by atoms with Crippen LogP contribution in [0.4, 0.5) is 16.3 Å². The highest BCUT2D eigenvalue weighted by molar-refractivity contribution is 5.89. The first kappa shape index (κ1) is 16.6. The zero-order chi connectivity index (χ0) is 17.1. The van der Waals surface area contributed by atoms with E-state index in [1.54, 1.807) is 6.20 Å². The molecular weight excluding hydrogens is 318 g/mol. The quantitative estimate of drug-likeness (QED) is 0.872. The van der Waals surface area contributed by atoms with Gasteiger partial charge in [0, 0.05) is 31.7 Å². The summed E-state index contributed by atoms with van der Waals surface area (Å²) in [6.45, 7) is 5.48. The number of fused-ring (bicyclic) bond motifs is 1. The van der Waals surface area contributed by atoms with Crippen LogP contribution in [0, 0.1) is 0 Å². The van der Waals surface area contributed by atoms with E-state index in [0.717, 1.165) is 50.8 Å². The molecule has 7 nitrogen and oxygen atoms in total. The summed E-state index contributed by atoms with van der Waals surface area (Å²) in [6, 6.07) is 4.53. The monoisotopic (exact) mass is 345 g/mol. The van der Waals surface area contributed by atoms with Gasteiger partial charge in [0.1, 0.15) is 5.82 Å². The van der Waals surface area contributed by atoms with Crippen LogP contribution in [-0.2, 0) is 4.74 Å². The molecule has 0 saturated carbocycles. The van der Waals surface area contributed by atoms with Gasteiger partial charge in [0.05, 0.1) is 25.1 Å². The number of pyridine rings is 1. The van der Waals surface area contributed by atoms with E-state index in [-0.39, 0.29) is 12.1 Å². The standard InChI is InChI=1S/C18H27N5O2/c24-18(21-15-6-8-22-7-2-1-3-16(15)22)20-14-4-5-17(19-13-14)23-9-11-25-12-10-23/h4-5,13,15-16H,1-3,6-12H2,(H2,20,21,24)/t15-,16+/m0/s1. The number of hydrogen-bond acceptors (Lipinski definition) is 5. The average Bonchev–Trinajstić information content (AvgIpc) is 3.06. The molecule has 2 amide bonds. The lowest BCUT2D eigenvalue weighted by molar-refractivity contribution is 0.122. The Hall–Kier alpha value is -1.86. The van der Waals surface area contributed by atoms with E-state index in [2.05, 4.69) is 25.4 Å². The lowest BCUT2D eigenvalue weighted by Crippen LogP contribution is -2.47. The molecule has 3 saturated heterocycles. The van der Waals surface area contributed by atoms with Gasteiger partial charge in [-0.1, -0.05) is 6.42 Å². The van der Waals surface area contributed by atoms with E-state index in [9.17, 15) is 4.79 Å². The topological polar surface area (TPSA) is 69.7 Å². The van der Waals surface area contributed by atoms with Crippen molar-refractivity contribution in [1.82, 2.24) is 15.2 Å². The number of piperidine rings is 1. The first-order valence-electron chi connectivity index (χ1n) is 9.40. The van der Waals surface area contributed by atoms with Crippen molar-refractivity contribution in [2.75, 3.05) is 49.6 Å². The molecule has 4 rings (SSSR count). The molecule has 136 valence electrons. The van der Waals surface area contributed by atoms with Gasteiger partial charge in [0.15, 0.2) is 0 Å². The van der Waals surface area contributed by atoms with Crippen LogP contribution in [0.5, 0.6) is 0 Å². The van der Waals surface area contributed by atoms with Crippen molar-refractivity contribution in [2.45, 2.75) is 37.8 Å². The number of nitrogens with one attached hydrogen (secondary N) is 2. The lowest BCUT2D eigenvalue weighted by Gasteiger charge is -2.32. The molecular formula is C18H27N5O2. The molecule has 7 heteroatoms. The van der Waals surface area contributed by atoms with Crippen LogP contribution in [0.1, 0.15) is 25.7 Å². The number of carbonyl (C=O) groups excluding carboxylic acids is 1. The minimum absolute atomic E-state index is 0.127. The van der Waals surface area contributed by atoms with Crippen molar-refractivity contribution in [1.29, 1.82) is 0 Å². The minimum atomic E-state index is -0.127. The predicted molar refractivity (Wildman–Crippen MR) is 97.0 cm³/mol. The zero-order valence-corrected chi connectivity index (χ0v) is 14.6. The summed E-state index contributed by atoms with van der Waals surface area (Å²) in [5.41, 5.74) is 0.730. The average molecular weight is 345 g/mol. The summed E-state index contributed by atoms with van der Waals surface area (Å²) in [4.78, 5) is 21.5. The maximum atomic E-state index is 12.3. The van der Waals surface area contributed by atoms with Gasteiger partial charge in [0.2, 0.25) is 0 Å². The number of anilines is 2. The number of morpholine rings is 1. The van der Waals surface area contributed by atoms with Gasteiger partial charge in [-0.05, 0) is 37.9 Å². The van der Waals surface area contributed by atoms with Crippen LogP contribution >= 0.6 is 0 Å². The van der Waals surface area contributed by atoms with Crippen molar-refractivity contribution in [3.05, 3.63) is 18.3 Å². The Bertz CT molecular complexity index is 588. The molecule has 0 bridgehead atoms. The largest absolute Gasteiger partial charge is 0.378 e. The molecule has 1 aromatic rings. The third kappa shape index (κ3) is 3.88. The van der Waals surface area contributed by atoms with Crippen LogP contribution < -0.4 is 15.5 Å². The van der Waals surface area contributed by atoms with Crippen molar-refractivity contribution in [3.8, 4) is 0 Å². The summed E-state index contributed by atoms with van der Waals surface area (Å²) in [5.74, 6) is 0.933. The molecule has 1 aromatic heterocycles. The number of rotatable bonds is 3. The second-order valence-corrected chi connectivity index (χ2v) is 7.10.